The topological polar surface area (TPSA) is 86.8 Å². The number of aryl methyl sites for hydroxylation is 2. The summed E-state index contributed by atoms with van der Waals surface area (Å²) in [7, 11) is 1.61. The van der Waals surface area contributed by atoms with Gasteiger partial charge in [-0.15, -0.1) is 11.3 Å². The van der Waals surface area contributed by atoms with Gasteiger partial charge in [0.15, 0.2) is 18.3 Å². The van der Waals surface area contributed by atoms with Crippen LogP contribution in [0.4, 0.5) is 5.13 Å². The smallest absolute Gasteiger partial charge is 0.344 e. The number of aromatic nitrogens is 1. The fourth-order valence-electron chi connectivity index (χ4n) is 2.51. The van der Waals surface area contributed by atoms with Crippen LogP contribution in [0.5, 0.6) is 11.5 Å². The van der Waals surface area contributed by atoms with Gasteiger partial charge in [-0.05, 0) is 61.4 Å². The highest BCUT2D eigenvalue weighted by Gasteiger charge is 2.12. The number of anilines is 1. The molecule has 0 spiro atoms. The highest BCUT2D eigenvalue weighted by atomic mass is 32.1. The number of rotatable bonds is 8. The van der Waals surface area contributed by atoms with Gasteiger partial charge in [-0.1, -0.05) is 6.07 Å². The van der Waals surface area contributed by atoms with Gasteiger partial charge in [0.1, 0.15) is 11.5 Å². The summed E-state index contributed by atoms with van der Waals surface area (Å²) in [4.78, 5) is 28.2. The molecule has 0 fully saturated rings. The Kier molecular flexibility index (Phi) is 7.03. The van der Waals surface area contributed by atoms with Crippen molar-refractivity contribution in [3.8, 4) is 22.8 Å². The molecule has 0 aliphatic carbocycles. The average molecular weight is 426 g/mol. The monoisotopic (exact) mass is 426 g/mol. The maximum absolute atomic E-state index is 12.0. The molecule has 2 aromatic carbocycles. The molecule has 0 bridgehead atoms. The SMILES string of the molecule is COc1ccc(-c2csc(NC(=O)COC(=O)COc3ccc(C)c(C)c3)n2)cc1. The lowest BCUT2D eigenvalue weighted by atomic mass is 10.1. The zero-order valence-electron chi connectivity index (χ0n) is 16.9. The van der Waals surface area contributed by atoms with Crippen LogP contribution in [0, 0.1) is 13.8 Å². The predicted molar refractivity (Wildman–Crippen MR) is 115 cm³/mol. The van der Waals surface area contributed by atoms with Crippen molar-refractivity contribution in [3.63, 3.8) is 0 Å². The molecule has 1 amide bonds. The molecule has 0 aliphatic heterocycles. The Labute approximate surface area is 178 Å². The minimum absolute atomic E-state index is 0.269. The molecule has 0 radical (unpaired) electrons. The fraction of sp³-hybridized carbons (Fsp3) is 0.227. The van der Waals surface area contributed by atoms with Crippen molar-refractivity contribution in [2.75, 3.05) is 25.6 Å². The van der Waals surface area contributed by atoms with Crippen LogP contribution in [0.1, 0.15) is 11.1 Å². The van der Waals surface area contributed by atoms with Crippen molar-refractivity contribution in [1.29, 1.82) is 0 Å². The molecule has 3 aromatic rings. The van der Waals surface area contributed by atoms with E-state index in [1.807, 2.05) is 55.6 Å². The first kappa shape index (κ1) is 21.3. The number of hydrogen-bond donors (Lipinski definition) is 1. The van der Waals surface area contributed by atoms with Crippen LogP contribution in [0.3, 0.4) is 0 Å². The van der Waals surface area contributed by atoms with Gasteiger partial charge in [-0.3, -0.25) is 10.1 Å². The van der Waals surface area contributed by atoms with Crippen molar-refractivity contribution in [3.05, 3.63) is 59.0 Å². The van der Waals surface area contributed by atoms with Gasteiger partial charge in [0.05, 0.1) is 12.8 Å². The molecular formula is C22H22N2O5S. The van der Waals surface area contributed by atoms with Crippen LogP contribution in [-0.2, 0) is 14.3 Å². The second-order valence-corrected chi connectivity index (χ2v) is 7.37. The van der Waals surface area contributed by atoms with E-state index in [0.717, 1.165) is 28.1 Å². The molecule has 156 valence electrons. The molecule has 1 heterocycles. The molecule has 8 heteroatoms. The lowest BCUT2D eigenvalue weighted by molar-refractivity contribution is -0.149. The quantitative estimate of drug-likeness (QED) is 0.548. The largest absolute Gasteiger partial charge is 0.497 e. The number of benzene rings is 2. The normalized spacial score (nSPS) is 10.4. The van der Waals surface area contributed by atoms with Gasteiger partial charge in [0.25, 0.3) is 5.91 Å². The summed E-state index contributed by atoms with van der Waals surface area (Å²) in [6.45, 7) is 3.28. The number of amides is 1. The first-order valence-electron chi connectivity index (χ1n) is 9.20. The number of ether oxygens (including phenoxy) is 3. The fourth-order valence-corrected chi connectivity index (χ4v) is 3.25. The molecule has 30 heavy (non-hydrogen) atoms. The van der Waals surface area contributed by atoms with E-state index in [-0.39, 0.29) is 6.61 Å². The number of carbonyl (C=O) groups excluding carboxylic acids is 2. The molecule has 7 nitrogen and oxygen atoms in total. The second-order valence-electron chi connectivity index (χ2n) is 6.51. The summed E-state index contributed by atoms with van der Waals surface area (Å²) in [5.41, 5.74) is 3.84. The molecular weight excluding hydrogens is 404 g/mol. The summed E-state index contributed by atoms with van der Waals surface area (Å²) in [6.07, 6.45) is 0. The van der Waals surface area contributed by atoms with Crippen LogP contribution in [-0.4, -0.2) is 37.2 Å². The number of nitrogens with zero attached hydrogens (tertiary/aromatic N) is 1. The predicted octanol–water partition coefficient (Wildman–Crippen LogP) is 4.00. The third-order valence-corrected chi connectivity index (χ3v) is 5.09. The first-order chi connectivity index (χ1) is 14.4. The number of carbonyl (C=O) groups is 2. The molecule has 1 aromatic heterocycles. The Bertz CT molecular complexity index is 1030. The third kappa shape index (κ3) is 5.81. The molecule has 0 saturated carbocycles. The van der Waals surface area contributed by atoms with E-state index in [9.17, 15) is 9.59 Å². The number of nitrogens with one attached hydrogen (secondary N) is 1. The van der Waals surface area contributed by atoms with Crippen molar-refractivity contribution in [2.45, 2.75) is 13.8 Å². The summed E-state index contributed by atoms with van der Waals surface area (Å²) in [6, 6.07) is 13.0. The number of methoxy groups -OCH3 is 1. The Morgan fingerprint density at radius 2 is 1.73 bits per heavy atom. The lowest BCUT2D eigenvalue weighted by Gasteiger charge is -2.08. The minimum Gasteiger partial charge on any atom is -0.497 e. The van der Waals surface area contributed by atoms with Gasteiger partial charge >= 0.3 is 5.97 Å². The maximum Gasteiger partial charge on any atom is 0.344 e. The Hall–Kier alpha value is -3.39. The van der Waals surface area contributed by atoms with Crippen LogP contribution >= 0.6 is 11.3 Å². The average Bonchev–Trinajstić information content (AvgIpc) is 3.21. The standard InChI is InChI=1S/C22H22N2O5S/c1-14-4-7-18(10-15(14)2)28-12-21(26)29-11-20(25)24-22-23-19(13-30-22)16-5-8-17(27-3)9-6-16/h4-10,13H,11-12H2,1-3H3,(H,23,24,25). The Morgan fingerprint density at radius 1 is 1.00 bits per heavy atom. The van der Waals surface area contributed by atoms with Gasteiger partial charge in [0, 0.05) is 10.9 Å². The highest BCUT2D eigenvalue weighted by Crippen LogP contribution is 2.26. The van der Waals surface area contributed by atoms with Gasteiger partial charge in [-0.25, -0.2) is 9.78 Å². The summed E-state index contributed by atoms with van der Waals surface area (Å²) in [5.74, 6) is 0.241. The summed E-state index contributed by atoms with van der Waals surface area (Å²) < 4.78 is 15.5. The van der Waals surface area contributed by atoms with Crippen molar-refractivity contribution in [1.82, 2.24) is 4.98 Å². The van der Waals surface area contributed by atoms with Gasteiger partial charge < -0.3 is 14.2 Å². The molecule has 3 rings (SSSR count). The third-order valence-electron chi connectivity index (χ3n) is 4.34. The second kappa shape index (κ2) is 9.89. The summed E-state index contributed by atoms with van der Waals surface area (Å²) >= 11 is 1.29. The first-order valence-corrected chi connectivity index (χ1v) is 10.1. The van der Waals surface area contributed by atoms with E-state index in [4.69, 9.17) is 14.2 Å². The molecule has 1 N–H and O–H groups in total. The van der Waals surface area contributed by atoms with E-state index in [2.05, 4.69) is 10.3 Å². The molecule has 0 saturated heterocycles. The molecule has 0 unspecified atom stereocenters. The maximum atomic E-state index is 12.0. The highest BCUT2D eigenvalue weighted by molar-refractivity contribution is 7.14. The van der Waals surface area contributed by atoms with E-state index < -0.39 is 18.5 Å². The zero-order chi connectivity index (χ0) is 21.5. The van der Waals surface area contributed by atoms with Crippen LogP contribution in [0.15, 0.2) is 47.8 Å². The number of thiazole rings is 1. The lowest BCUT2D eigenvalue weighted by Crippen LogP contribution is -2.23. The van der Waals surface area contributed by atoms with Crippen molar-refractivity contribution < 1.29 is 23.8 Å². The minimum atomic E-state index is -0.624. The number of esters is 1. The van der Waals surface area contributed by atoms with E-state index in [1.54, 1.807) is 13.2 Å². The molecule has 0 aliphatic rings. The van der Waals surface area contributed by atoms with Crippen LogP contribution < -0.4 is 14.8 Å². The van der Waals surface area contributed by atoms with Crippen molar-refractivity contribution >= 4 is 28.3 Å². The van der Waals surface area contributed by atoms with E-state index in [0.29, 0.717) is 10.9 Å². The Balaban J connectivity index is 1.44. The summed E-state index contributed by atoms with van der Waals surface area (Å²) in [5, 5.41) is 4.88. The van der Waals surface area contributed by atoms with E-state index in [1.165, 1.54) is 11.3 Å². The number of hydrogen-bond acceptors (Lipinski definition) is 7. The van der Waals surface area contributed by atoms with Crippen molar-refractivity contribution in [2.24, 2.45) is 0 Å². The van der Waals surface area contributed by atoms with E-state index >= 15 is 0 Å². The van der Waals surface area contributed by atoms with Crippen LogP contribution in [0.25, 0.3) is 11.3 Å². The Morgan fingerprint density at radius 3 is 2.43 bits per heavy atom. The van der Waals surface area contributed by atoms with Crippen LogP contribution in [0.2, 0.25) is 0 Å². The molecule has 0 atom stereocenters. The zero-order valence-corrected chi connectivity index (χ0v) is 17.7. The van der Waals surface area contributed by atoms with Gasteiger partial charge in [-0.2, -0.15) is 0 Å². The van der Waals surface area contributed by atoms with Gasteiger partial charge in [0.2, 0.25) is 0 Å².